The Labute approximate surface area is 395 Å². The first-order valence-electron chi connectivity index (χ1n) is 22.8. The van der Waals surface area contributed by atoms with Gasteiger partial charge in [0.2, 0.25) is 0 Å². The molecule has 0 amide bonds. The summed E-state index contributed by atoms with van der Waals surface area (Å²) >= 11 is 5.65. The molecule has 0 bridgehead atoms. The zero-order valence-corrected chi connectivity index (χ0v) is 41.0. The van der Waals surface area contributed by atoms with Gasteiger partial charge in [0.15, 0.2) is 0 Å². The van der Waals surface area contributed by atoms with Crippen molar-refractivity contribution in [3.8, 4) is 22.3 Å². The summed E-state index contributed by atoms with van der Waals surface area (Å²) in [6.45, 7) is 21.0. The van der Waals surface area contributed by atoms with Gasteiger partial charge in [-0.2, -0.15) is 0 Å². The third-order valence-corrected chi connectivity index (χ3v) is 17.1. The number of fused-ring (bicyclic) bond motifs is 8. The number of anilines is 6. The van der Waals surface area contributed by atoms with Crippen molar-refractivity contribution in [1.82, 2.24) is 0 Å². The quantitative estimate of drug-likeness (QED) is 0.162. The van der Waals surface area contributed by atoms with Crippen molar-refractivity contribution in [3.05, 3.63) is 172 Å². The monoisotopic (exact) mass is 894 g/mol. The average molecular weight is 895 g/mol. The van der Waals surface area contributed by atoms with Crippen LogP contribution in [0.4, 0.5) is 34.1 Å². The van der Waals surface area contributed by atoms with Crippen LogP contribution in [0, 0.1) is 20.8 Å². The average Bonchev–Trinajstić information content (AvgIpc) is 4.01. The van der Waals surface area contributed by atoms with Crippen molar-refractivity contribution in [2.24, 2.45) is 0 Å². The highest BCUT2D eigenvalue weighted by Gasteiger charge is 2.46. The second kappa shape index (κ2) is 14.5. The van der Waals surface area contributed by atoms with Gasteiger partial charge in [0.1, 0.15) is 0 Å². The van der Waals surface area contributed by atoms with Gasteiger partial charge < -0.3 is 9.80 Å². The van der Waals surface area contributed by atoms with Crippen LogP contribution in [0.15, 0.2) is 144 Å². The molecule has 0 atom stereocenters. The van der Waals surface area contributed by atoms with Gasteiger partial charge in [-0.05, 0) is 147 Å². The first-order valence-corrected chi connectivity index (χ1v) is 25.4. The van der Waals surface area contributed by atoms with E-state index >= 15 is 0 Å². The molecule has 65 heavy (non-hydrogen) atoms. The maximum atomic E-state index is 2.68. The number of thiophene rings is 3. The van der Waals surface area contributed by atoms with Crippen LogP contribution in [-0.2, 0) is 10.8 Å². The molecule has 2 nitrogen and oxygen atoms in total. The van der Waals surface area contributed by atoms with Crippen molar-refractivity contribution in [1.29, 1.82) is 0 Å². The summed E-state index contributed by atoms with van der Waals surface area (Å²) in [4.78, 5) is 5.29. The van der Waals surface area contributed by atoms with Crippen LogP contribution in [-0.4, -0.2) is 6.71 Å². The third-order valence-electron chi connectivity index (χ3n) is 13.9. The summed E-state index contributed by atoms with van der Waals surface area (Å²) in [6.07, 6.45) is 0. The summed E-state index contributed by atoms with van der Waals surface area (Å²) < 4.78 is 5.38. The molecule has 6 heteroatoms. The molecule has 2 aliphatic rings. The summed E-state index contributed by atoms with van der Waals surface area (Å²) in [5.41, 5.74) is 22.0. The second-order valence-corrected chi connectivity index (χ2v) is 23.3. The Morgan fingerprint density at radius 2 is 1.09 bits per heavy atom. The first-order chi connectivity index (χ1) is 31.2. The molecule has 0 unspecified atom stereocenters. The van der Waals surface area contributed by atoms with Crippen molar-refractivity contribution in [2.45, 2.75) is 73.1 Å². The first kappa shape index (κ1) is 40.6. The van der Waals surface area contributed by atoms with Crippen molar-refractivity contribution in [3.63, 3.8) is 0 Å². The van der Waals surface area contributed by atoms with Crippen molar-refractivity contribution < 1.29 is 0 Å². The van der Waals surface area contributed by atoms with Crippen molar-refractivity contribution >= 4 is 121 Å². The number of hydrogen-bond acceptors (Lipinski definition) is 5. The molecule has 0 N–H and O–H groups in total. The van der Waals surface area contributed by atoms with Gasteiger partial charge in [-0.3, -0.25) is 0 Å². The molecule has 0 fully saturated rings. The SMILES string of the molecule is Cc1cc2c3c(c1)N(c1c(C)cc(C(C)(C)C)cc1C)c1c(sc4ccc(C(C)(C)C)cc14)B3c1ccc(-c3csc4ccccc34)cc1N2c1cccc(-c2csc3ccccc23)c1. The Kier molecular flexibility index (Phi) is 9.08. The van der Waals surface area contributed by atoms with Gasteiger partial charge in [0.05, 0.1) is 11.4 Å². The van der Waals surface area contributed by atoms with E-state index in [1.165, 1.54) is 130 Å². The van der Waals surface area contributed by atoms with E-state index in [0.717, 1.165) is 0 Å². The summed E-state index contributed by atoms with van der Waals surface area (Å²) in [6, 6.07) is 51.4. The smallest absolute Gasteiger partial charge is 0.264 e. The minimum atomic E-state index is 0.00831. The molecule has 0 saturated heterocycles. The Hall–Kier alpha value is -5.92. The van der Waals surface area contributed by atoms with Crippen LogP contribution in [0.25, 0.3) is 52.5 Å². The number of rotatable bonds is 4. The predicted molar refractivity (Wildman–Crippen MR) is 289 cm³/mol. The zero-order valence-electron chi connectivity index (χ0n) is 38.6. The predicted octanol–water partition coefficient (Wildman–Crippen LogP) is 16.3. The van der Waals surface area contributed by atoms with Gasteiger partial charge in [0, 0.05) is 68.9 Å². The third kappa shape index (κ3) is 6.32. The van der Waals surface area contributed by atoms with Crippen LogP contribution in [0.2, 0.25) is 0 Å². The molecule has 0 spiro atoms. The van der Waals surface area contributed by atoms with E-state index in [9.17, 15) is 0 Å². The molecular weight excluding hydrogens is 844 g/mol. The molecule has 7 aromatic carbocycles. The van der Waals surface area contributed by atoms with Crippen LogP contribution < -0.4 is 25.5 Å². The molecule has 3 aromatic heterocycles. The van der Waals surface area contributed by atoms with Crippen LogP contribution in [0.5, 0.6) is 0 Å². The molecular formula is C59H51BN2S3. The maximum Gasteiger partial charge on any atom is 0.264 e. The highest BCUT2D eigenvalue weighted by molar-refractivity contribution is 7.33. The van der Waals surface area contributed by atoms with Crippen molar-refractivity contribution in [2.75, 3.05) is 9.80 Å². The summed E-state index contributed by atoms with van der Waals surface area (Å²) in [5, 5.41) is 8.63. The van der Waals surface area contributed by atoms with Gasteiger partial charge in [-0.15, -0.1) is 34.0 Å². The van der Waals surface area contributed by atoms with E-state index in [1.54, 1.807) is 0 Å². The largest absolute Gasteiger partial charge is 0.311 e. The van der Waals surface area contributed by atoms with E-state index in [4.69, 9.17) is 0 Å². The number of hydrogen-bond donors (Lipinski definition) is 0. The van der Waals surface area contributed by atoms with Gasteiger partial charge in [-0.1, -0.05) is 120 Å². The van der Waals surface area contributed by atoms with E-state index in [0.29, 0.717) is 0 Å². The lowest BCUT2D eigenvalue weighted by Gasteiger charge is -2.44. The second-order valence-electron chi connectivity index (χ2n) is 20.4. The summed E-state index contributed by atoms with van der Waals surface area (Å²) in [7, 11) is 0. The Morgan fingerprint density at radius 3 is 1.74 bits per heavy atom. The Morgan fingerprint density at radius 1 is 0.477 bits per heavy atom. The molecule has 10 aromatic rings. The fourth-order valence-electron chi connectivity index (χ4n) is 10.7. The Bertz CT molecular complexity index is 3570. The highest BCUT2D eigenvalue weighted by Crippen LogP contribution is 2.51. The maximum absolute atomic E-state index is 2.68. The number of benzene rings is 7. The number of nitrogens with zero attached hydrogens (tertiary/aromatic N) is 2. The minimum absolute atomic E-state index is 0.00831. The fourth-order valence-corrected chi connectivity index (χ4v) is 14.0. The van der Waals surface area contributed by atoms with E-state index in [1.807, 2.05) is 34.0 Å². The molecule has 0 aliphatic carbocycles. The van der Waals surface area contributed by atoms with Gasteiger partial charge in [0.25, 0.3) is 6.71 Å². The lowest BCUT2D eigenvalue weighted by Crippen LogP contribution is -2.60. The van der Waals surface area contributed by atoms with E-state index in [2.05, 4.69) is 216 Å². The molecule has 0 saturated carbocycles. The Balaban J connectivity index is 1.17. The molecule has 318 valence electrons. The molecule has 12 rings (SSSR count). The lowest BCUT2D eigenvalue weighted by atomic mass is 9.36. The molecule has 5 heterocycles. The van der Waals surface area contributed by atoms with Crippen LogP contribution >= 0.6 is 34.0 Å². The zero-order chi connectivity index (χ0) is 44.7. The van der Waals surface area contributed by atoms with Gasteiger partial charge >= 0.3 is 0 Å². The van der Waals surface area contributed by atoms with Gasteiger partial charge in [-0.25, -0.2) is 0 Å². The highest BCUT2D eigenvalue weighted by atomic mass is 32.1. The minimum Gasteiger partial charge on any atom is -0.311 e. The molecule has 2 aliphatic heterocycles. The van der Waals surface area contributed by atoms with Crippen LogP contribution in [0.1, 0.15) is 69.4 Å². The van der Waals surface area contributed by atoms with E-state index in [-0.39, 0.29) is 17.5 Å². The normalized spacial score (nSPS) is 13.5. The fraction of sp³-hybridized carbons (Fsp3) is 0.186. The van der Waals surface area contributed by atoms with Crippen LogP contribution in [0.3, 0.4) is 0 Å². The standard InChI is InChI=1S/C59H51BN2S3/c1-34-25-49-54-50(26-34)62(55-35(2)27-40(28-36(55)3)59(7,8)9)56-44-31-39(58(4,5)6)22-24-53(44)65-57(56)60(54)47-23-21-38(46-33-64-52-20-13-11-18-43(46)52)30-48(47)61(49)41-16-14-15-37(29-41)45-32-63-51-19-12-10-17-42(45)51/h10-33H,1-9H3. The summed E-state index contributed by atoms with van der Waals surface area (Å²) in [5.74, 6) is 0. The lowest BCUT2D eigenvalue weighted by molar-refractivity contribution is 0.589. The van der Waals surface area contributed by atoms with E-state index < -0.39 is 0 Å². The topological polar surface area (TPSA) is 6.48 Å². The molecule has 0 radical (unpaired) electrons. The number of aryl methyl sites for hydroxylation is 3.